The van der Waals surface area contributed by atoms with E-state index in [0.29, 0.717) is 26.1 Å². The van der Waals surface area contributed by atoms with Gasteiger partial charge in [0.1, 0.15) is 40.8 Å². The minimum Gasteiger partial charge on any atom is -0.472 e. The van der Waals surface area contributed by atoms with E-state index >= 15 is 4.39 Å². The first-order chi connectivity index (χ1) is 22.7. The molecule has 48 heavy (non-hydrogen) atoms. The van der Waals surface area contributed by atoms with Gasteiger partial charge in [0, 0.05) is 32.1 Å². The molecule has 1 saturated carbocycles. The van der Waals surface area contributed by atoms with E-state index in [9.17, 15) is 26.3 Å². The molecule has 3 saturated heterocycles. The van der Waals surface area contributed by atoms with E-state index in [-0.39, 0.29) is 67.2 Å². The number of nitrogens with zero attached hydrogens (tertiary/aromatic N) is 6. The Morgan fingerprint density at radius 1 is 1.12 bits per heavy atom. The molecule has 7 heterocycles. The van der Waals surface area contributed by atoms with Crippen LogP contribution in [0.5, 0.6) is 11.9 Å². The fraction of sp³-hybridized carbons (Fsp3) is 0.613. The summed E-state index contributed by atoms with van der Waals surface area (Å²) in [5.41, 5.74) is -0.173. The van der Waals surface area contributed by atoms with Crippen LogP contribution in [0.1, 0.15) is 51.5 Å². The van der Waals surface area contributed by atoms with Crippen molar-refractivity contribution in [1.82, 2.24) is 30.2 Å². The minimum atomic E-state index is -5.14. The van der Waals surface area contributed by atoms with Crippen LogP contribution < -0.4 is 25.4 Å². The van der Waals surface area contributed by atoms with Gasteiger partial charge in [-0.05, 0) is 45.2 Å². The number of fused-ring (bicyclic) bond motifs is 3. The lowest BCUT2D eigenvalue weighted by Crippen LogP contribution is -2.60. The number of anilines is 2. The number of hydrogen-bond donors (Lipinski definition) is 2. The molecule has 3 N–H and O–H groups in total. The minimum absolute atomic E-state index is 0.0245. The van der Waals surface area contributed by atoms with Crippen LogP contribution in [0, 0.1) is 17.0 Å². The van der Waals surface area contributed by atoms with Crippen molar-refractivity contribution in [2.45, 2.75) is 81.8 Å². The van der Waals surface area contributed by atoms with Crippen LogP contribution in [0.4, 0.5) is 42.4 Å². The Bertz CT molecular complexity index is 1830. The summed E-state index contributed by atoms with van der Waals surface area (Å²) < 4.78 is 115. The maximum Gasteiger partial charge on any atom is 0.418 e. The van der Waals surface area contributed by atoms with Crippen LogP contribution in [0.15, 0.2) is 6.07 Å². The van der Waals surface area contributed by atoms with Crippen molar-refractivity contribution >= 4 is 22.5 Å². The largest absolute Gasteiger partial charge is 0.472 e. The van der Waals surface area contributed by atoms with Gasteiger partial charge >= 0.3 is 12.2 Å². The summed E-state index contributed by atoms with van der Waals surface area (Å²) in [4.78, 5) is 20.8. The molecule has 1 unspecified atom stereocenters. The summed E-state index contributed by atoms with van der Waals surface area (Å²) in [6.07, 6.45) is -3.50. The first-order valence-electron chi connectivity index (χ1n) is 16.0. The average molecular weight is 683 g/mol. The van der Waals surface area contributed by atoms with E-state index in [1.54, 1.807) is 6.92 Å². The van der Waals surface area contributed by atoms with Crippen LogP contribution in [0.2, 0.25) is 0 Å². The highest BCUT2D eigenvalue weighted by Gasteiger charge is 2.77. The third kappa shape index (κ3) is 4.66. The topological polar surface area (TPSA) is 115 Å². The number of piperazine rings is 1. The van der Waals surface area contributed by atoms with Gasteiger partial charge in [-0.2, -0.15) is 23.1 Å². The predicted molar refractivity (Wildman–Crippen MR) is 159 cm³/mol. The molecule has 1 spiro atoms. The Hall–Kier alpha value is -3.73. The molecular weight excluding hydrogens is 649 g/mol. The van der Waals surface area contributed by atoms with Gasteiger partial charge in [0.2, 0.25) is 5.88 Å². The fourth-order valence-corrected chi connectivity index (χ4v) is 8.19. The van der Waals surface area contributed by atoms with Crippen molar-refractivity contribution in [2.75, 3.05) is 43.4 Å². The first-order valence-corrected chi connectivity index (χ1v) is 16.0. The molecule has 5 aliphatic rings. The number of nitrogens with two attached hydrogens (primary N) is 1. The lowest BCUT2D eigenvalue weighted by Gasteiger charge is -2.42. The SMILES string of the molecule is CC[C@@H]1CN2c3nc(OC[C@@]45CCCN4CC4(CC4(F)F)C5)nc4c(F)c(-c5nc(N)c(F)cc5C(F)(F)F)nc(c34)O[C@@H](C)[C@@H]2CN1. The Morgan fingerprint density at radius 3 is 2.60 bits per heavy atom. The van der Waals surface area contributed by atoms with Crippen LogP contribution in [-0.4, -0.2) is 87.3 Å². The van der Waals surface area contributed by atoms with Gasteiger partial charge in [-0.3, -0.25) is 4.90 Å². The van der Waals surface area contributed by atoms with E-state index in [0.717, 1.165) is 12.8 Å². The number of nitrogens with one attached hydrogen (secondary N) is 1. The molecule has 0 aromatic carbocycles. The molecule has 10 nitrogen and oxygen atoms in total. The van der Waals surface area contributed by atoms with E-state index < -0.39 is 69.1 Å². The summed E-state index contributed by atoms with van der Waals surface area (Å²) in [5.74, 6) is -6.35. The molecule has 0 radical (unpaired) electrons. The quantitative estimate of drug-likeness (QED) is 0.359. The Balaban J connectivity index is 1.28. The van der Waals surface area contributed by atoms with Gasteiger partial charge in [0.05, 0.1) is 22.6 Å². The van der Waals surface area contributed by atoms with E-state index in [1.807, 2.05) is 16.7 Å². The zero-order valence-electron chi connectivity index (χ0n) is 26.1. The Kier molecular flexibility index (Phi) is 6.82. The van der Waals surface area contributed by atoms with Crippen molar-refractivity contribution in [1.29, 1.82) is 0 Å². The number of nitrogen functional groups attached to an aromatic ring is 1. The number of alkyl halides is 5. The second kappa shape index (κ2) is 10.4. The highest BCUT2D eigenvalue weighted by Crippen LogP contribution is 2.69. The van der Waals surface area contributed by atoms with Crippen molar-refractivity contribution in [3.05, 3.63) is 23.3 Å². The number of halogens is 7. The summed E-state index contributed by atoms with van der Waals surface area (Å²) in [6, 6.07) is -0.443. The van der Waals surface area contributed by atoms with Gasteiger partial charge in [-0.25, -0.2) is 27.5 Å². The monoisotopic (exact) mass is 682 g/mol. The molecule has 5 atom stereocenters. The molecule has 1 aliphatic carbocycles. The van der Waals surface area contributed by atoms with Gasteiger partial charge in [-0.1, -0.05) is 6.92 Å². The van der Waals surface area contributed by atoms with E-state index in [1.165, 1.54) is 0 Å². The van der Waals surface area contributed by atoms with Crippen molar-refractivity contribution < 1.29 is 40.2 Å². The molecule has 258 valence electrons. The number of rotatable bonds is 5. The van der Waals surface area contributed by atoms with Gasteiger partial charge in [0.15, 0.2) is 17.5 Å². The molecule has 4 aliphatic heterocycles. The normalized spacial score (nSPS) is 30.7. The molecule has 3 aromatic rings. The first kappa shape index (κ1) is 31.5. The fourth-order valence-electron chi connectivity index (χ4n) is 8.19. The van der Waals surface area contributed by atoms with E-state index in [2.05, 4.69) is 20.3 Å². The molecule has 4 fully saturated rings. The Morgan fingerprint density at radius 2 is 1.90 bits per heavy atom. The number of aromatic nitrogens is 4. The van der Waals surface area contributed by atoms with Crippen molar-refractivity contribution in [3.63, 3.8) is 0 Å². The molecular formula is C31H33F7N8O2. The van der Waals surface area contributed by atoms with Crippen molar-refractivity contribution in [2.24, 2.45) is 5.41 Å². The number of hydrogen-bond acceptors (Lipinski definition) is 10. The Labute approximate surface area is 270 Å². The maximum atomic E-state index is 16.7. The van der Waals surface area contributed by atoms with Gasteiger partial charge in [-0.15, -0.1) is 0 Å². The van der Waals surface area contributed by atoms with Gasteiger partial charge < -0.3 is 25.4 Å². The third-order valence-electron chi connectivity index (χ3n) is 10.9. The molecule has 17 heteroatoms. The lowest BCUT2D eigenvalue weighted by molar-refractivity contribution is -0.137. The molecule has 0 bridgehead atoms. The van der Waals surface area contributed by atoms with Crippen LogP contribution in [0.25, 0.3) is 22.3 Å². The zero-order chi connectivity index (χ0) is 34.0. The zero-order valence-corrected chi connectivity index (χ0v) is 26.1. The average Bonchev–Trinajstić information content (AvgIpc) is 3.25. The summed E-state index contributed by atoms with van der Waals surface area (Å²) in [7, 11) is 0. The second-order valence-electron chi connectivity index (χ2n) is 13.8. The van der Waals surface area contributed by atoms with Crippen LogP contribution in [-0.2, 0) is 6.18 Å². The molecule has 0 amide bonds. The number of pyridine rings is 2. The molecule has 3 aromatic heterocycles. The van der Waals surface area contributed by atoms with Gasteiger partial charge in [0.25, 0.3) is 5.92 Å². The lowest BCUT2D eigenvalue weighted by atomic mass is 9.89. The van der Waals surface area contributed by atoms with E-state index in [4.69, 9.17) is 20.2 Å². The summed E-state index contributed by atoms with van der Waals surface area (Å²) in [5, 5.41) is 3.47. The van der Waals surface area contributed by atoms with Crippen LogP contribution >= 0.6 is 0 Å². The second-order valence-corrected chi connectivity index (χ2v) is 13.8. The van der Waals surface area contributed by atoms with Crippen LogP contribution in [0.3, 0.4) is 0 Å². The standard InChI is InChI=1S/C31H33F7N8O2/c1-3-15-9-46-18(8-40-15)14(2)48-26-19-22(20(33)23(42-26)21-16(31(36,37)38)7-17(32)24(39)41-21)43-27(44-25(19)46)47-13-29-5-4-6-45(29)12-28(10-29)11-30(28,34)35/h7,14-15,18,40H,3-6,8-13H2,1-2H3,(H2,39,41)/t14-,15+,18-,28?,29-/m0/s1. The smallest absolute Gasteiger partial charge is 0.418 e. The van der Waals surface area contributed by atoms with Crippen molar-refractivity contribution in [3.8, 4) is 23.3 Å². The predicted octanol–water partition coefficient (Wildman–Crippen LogP) is 4.95. The summed E-state index contributed by atoms with van der Waals surface area (Å²) >= 11 is 0. The third-order valence-corrected chi connectivity index (χ3v) is 10.9. The summed E-state index contributed by atoms with van der Waals surface area (Å²) in [6.45, 7) is 5.51. The number of ether oxygens (including phenoxy) is 2. The highest BCUT2D eigenvalue weighted by molar-refractivity contribution is 5.97. The molecule has 8 rings (SSSR count). The highest BCUT2D eigenvalue weighted by atomic mass is 19.4. The maximum absolute atomic E-state index is 16.7.